The van der Waals surface area contributed by atoms with E-state index in [1.165, 1.54) is 0 Å². The van der Waals surface area contributed by atoms with Crippen LogP contribution in [0.3, 0.4) is 0 Å². The number of hydrogen-bond donors (Lipinski definition) is 0. The van der Waals surface area contributed by atoms with Crippen molar-refractivity contribution in [1.29, 1.82) is 0 Å². The predicted molar refractivity (Wildman–Crippen MR) is 91.5 cm³/mol. The largest absolute Gasteiger partial charge is 0.444 e. The van der Waals surface area contributed by atoms with Gasteiger partial charge in [-0.05, 0) is 45.2 Å². The van der Waals surface area contributed by atoms with Gasteiger partial charge in [-0.1, -0.05) is 17.7 Å². The van der Waals surface area contributed by atoms with Crippen molar-refractivity contribution in [2.24, 2.45) is 0 Å². The van der Waals surface area contributed by atoms with Crippen molar-refractivity contribution in [1.82, 2.24) is 14.8 Å². The second kappa shape index (κ2) is 7.49. The summed E-state index contributed by atoms with van der Waals surface area (Å²) in [5, 5.41) is 0.520. The zero-order valence-electron chi connectivity index (χ0n) is 14.4. The Morgan fingerprint density at radius 2 is 2.04 bits per heavy atom. The van der Waals surface area contributed by atoms with Gasteiger partial charge in [-0.3, -0.25) is 4.90 Å². The summed E-state index contributed by atoms with van der Waals surface area (Å²) in [6, 6.07) is 4.07. The van der Waals surface area contributed by atoms with Gasteiger partial charge in [0.25, 0.3) is 0 Å². The SMILES string of the molecule is CN(C(=O)OC(C)(C)C)C1CCN(Cc2ccc(Cl)nc2)CC1. The average Bonchev–Trinajstić information content (AvgIpc) is 2.48. The summed E-state index contributed by atoms with van der Waals surface area (Å²) < 4.78 is 5.44. The third-order valence-corrected chi connectivity index (χ3v) is 4.20. The Hall–Kier alpha value is -1.33. The van der Waals surface area contributed by atoms with Crippen molar-refractivity contribution in [2.75, 3.05) is 20.1 Å². The van der Waals surface area contributed by atoms with Gasteiger partial charge in [-0.15, -0.1) is 0 Å². The van der Waals surface area contributed by atoms with E-state index in [0.29, 0.717) is 5.15 Å². The molecule has 1 aliphatic heterocycles. The molecule has 5 nitrogen and oxygen atoms in total. The number of amides is 1. The standard InChI is InChI=1S/C17H26ClN3O2/c1-17(2,3)23-16(22)20(4)14-7-9-21(10-8-14)12-13-5-6-15(18)19-11-13/h5-6,11,14H,7-10,12H2,1-4H3. The molecule has 2 rings (SSSR count). The van der Waals surface area contributed by atoms with Crippen LogP contribution in [0.1, 0.15) is 39.2 Å². The van der Waals surface area contributed by atoms with Gasteiger partial charge >= 0.3 is 6.09 Å². The molecule has 0 saturated carbocycles. The fourth-order valence-corrected chi connectivity index (χ4v) is 2.82. The Labute approximate surface area is 143 Å². The average molecular weight is 340 g/mol. The third-order valence-electron chi connectivity index (χ3n) is 3.98. The number of hydrogen-bond acceptors (Lipinski definition) is 4. The summed E-state index contributed by atoms with van der Waals surface area (Å²) in [7, 11) is 1.83. The summed E-state index contributed by atoms with van der Waals surface area (Å²) in [5.74, 6) is 0. The fourth-order valence-electron chi connectivity index (χ4n) is 2.71. The molecule has 1 amide bonds. The molecule has 1 aromatic rings. The quantitative estimate of drug-likeness (QED) is 0.790. The molecule has 23 heavy (non-hydrogen) atoms. The molecule has 128 valence electrons. The lowest BCUT2D eigenvalue weighted by atomic mass is 10.0. The van der Waals surface area contributed by atoms with Gasteiger partial charge in [0.2, 0.25) is 0 Å². The number of pyridine rings is 1. The molecule has 1 aromatic heterocycles. The molecule has 0 atom stereocenters. The number of likely N-dealkylation sites (tertiary alicyclic amines) is 1. The topological polar surface area (TPSA) is 45.7 Å². The van der Waals surface area contributed by atoms with Gasteiger partial charge in [-0.25, -0.2) is 9.78 Å². The normalized spacial score (nSPS) is 17.1. The van der Waals surface area contributed by atoms with Crippen LogP contribution in [-0.2, 0) is 11.3 Å². The van der Waals surface area contributed by atoms with Gasteiger partial charge in [0.15, 0.2) is 0 Å². The number of halogens is 1. The number of ether oxygens (including phenoxy) is 1. The van der Waals surface area contributed by atoms with Crippen molar-refractivity contribution in [2.45, 2.75) is 51.8 Å². The highest BCUT2D eigenvalue weighted by atomic mass is 35.5. The molecule has 1 aliphatic rings. The summed E-state index contributed by atoms with van der Waals surface area (Å²) >= 11 is 5.81. The lowest BCUT2D eigenvalue weighted by molar-refractivity contribution is 0.0149. The predicted octanol–water partition coefficient (Wildman–Crippen LogP) is 3.57. The van der Waals surface area contributed by atoms with Crippen LogP contribution in [0.2, 0.25) is 5.15 Å². The summed E-state index contributed by atoms with van der Waals surface area (Å²) in [4.78, 5) is 20.4. The maximum Gasteiger partial charge on any atom is 0.410 e. The molecule has 0 unspecified atom stereocenters. The number of rotatable bonds is 3. The van der Waals surface area contributed by atoms with Crippen molar-refractivity contribution in [3.63, 3.8) is 0 Å². The molecule has 0 spiro atoms. The molecule has 1 saturated heterocycles. The molecule has 2 heterocycles. The first-order valence-electron chi connectivity index (χ1n) is 8.03. The molecule has 0 bridgehead atoms. The highest BCUT2D eigenvalue weighted by Gasteiger charge is 2.28. The van der Waals surface area contributed by atoms with Crippen molar-refractivity contribution in [3.8, 4) is 0 Å². The molecule has 0 aromatic carbocycles. The zero-order chi connectivity index (χ0) is 17.0. The van der Waals surface area contributed by atoms with Crippen LogP contribution in [0.15, 0.2) is 18.3 Å². The highest BCUT2D eigenvalue weighted by molar-refractivity contribution is 6.29. The fraction of sp³-hybridized carbons (Fsp3) is 0.647. The van der Waals surface area contributed by atoms with Gasteiger partial charge < -0.3 is 9.64 Å². The first-order chi connectivity index (χ1) is 10.7. The van der Waals surface area contributed by atoms with Gasteiger partial charge in [0, 0.05) is 38.9 Å². The number of carbonyl (C=O) groups is 1. The van der Waals surface area contributed by atoms with Crippen LogP contribution in [0.4, 0.5) is 4.79 Å². The monoisotopic (exact) mass is 339 g/mol. The Balaban J connectivity index is 1.81. The van der Waals surface area contributed by atoms with Crippen LogP contribution in [0, 0.1) is 0 Å². The Kier molecular flexibility index (Phi) is 5.87. The maximum absolute atomic E-state index is 12.1. The van der Waals surface area contributed by atoms with Crippen molar-refractivity contribution < 1.29 is 9.53 Å². The molecule has 1 fully saturated rings. The smallest absolute Gasteiger partial charge is 0.410 e. The third kappa shape index (κ3) is 5.66. The van der Waals surface area contributed by atoms with Crippen LogP contribution in [0.25, 0.3) is 0 Å². The summed E-state index contributed by atoms with van der Waals surface area (Å²) in [6.07, 6.45) is 3.49. The lowest BCUT2D eigenvalue weighted by Crippen LogP contribution is -2.46. The van der Waals surface area contributed by atoms with Gasteiger partial charge in [0.05, 0.1) is 0 Å². The first-order valence-corrected chi connectivity index (χ1v) is 8.41. The zero-order valence-corrected chi connectivity index (χ0v) is 15.1. The van der Waals surface area contributed by atoms with Crippen LogP contribution in [-0.4, -0.2) is 52.7 Å². The number of carbonyl (C=O) groups excluding carboxylic acids is 1. The molecule has 0 N–H and O–H groups in total. The molecule has 0 radical (unpaired) electrons. The molecular weight excluding hydrogens is 314 g/mol. The summed E-state index contributed by atoms with van der Waals surface area (Å²) in [6.45, 7) is 8.46. The lowest BCUT2D eigenvalue weighted by Gasteiger charge is -2.37. The van der Waals surface area contributed by atoms with Crippen LogP contribution in [0.5, 0.6) is 0 Å². The van der Waals surface area contributed by atoms with Crippen molar-refractivity contribution in [3.05, 3.63) is 29.0 Å². The highest BCUT2D eigenvalue weighted by Crippen LogP contribution is 2.20. The number of aromatic nitrogens is 1. The van der Waals surface area contributed by atoms with Gasteiger partial charge in [-0.2, -0.15) is 0 Å². The molecule has 6 heteroatoms. The second-order valence-corrected chi connectivity index (χ2v) is 7.47. The Morgan fingerprint density at radius 3 is 2.57 bits per heavy atom. The van der Waals surface area contributed by atoms with Crippen molar-refractivity contribution >= 4 is 17.7 Å². The van der Waals surface area contributed by atoms with E-state index in [1.54, 1.807) is 4.90 Å². The Morgan fingerprint density at radius 1 is 1.39 bits per heavy atom. The summed E-state index contributed by atoms with van der Waals surface area (Å²) in [5.41, 5.74) is 0.710. The molecular formula is C17H26ClN3O2. The molecule has 0 aliphatic carbocycles. The number of nitrogens with zero attached hydrogens (tertiary/aromatic N) is 3. The first kappa shape index (κ1) is 18.0. The van der Waals surface area contributed by atoms with E-state index in [1.807, 2.05) is 46.1 Å². The van der Waals surface area contributed by atoms with Crippen LogP contribution >= 0.6 is 11.6 Å². The van der Waals surface area contributed by atoms with E-state index in [-0.39, 0.29) is 12.1 Å². The second-order valence-electron chi connectivity index (χ2n) is 7.09. The maximum atomic E-state index is 12.1. The van der Waals surface area contributed by atoms with Gasteiger partial charge in [0.1, 0.15) is 10.8 Å². The minimum atomic E-state index is -0.451. The minimum Gasteiger partial charge on any atom is -0.444 e. The van der Waals surface area contributed by atoms with Crippen LogP contribution < -0.4 is 0 Å². The van der Waals surface area contributed by atoms with E-state index < -0.39 is 5.60 Å². The van der Waals surface area contributed by atoms with E-state index in [9.17, 15) is 4.79 Å². The minimum absolute atomic E-state index is 0.238. The van der Waals surface area contributed by atoms with E-state index >= 15 is 0 Å². The van der Waals surface area contributed by atoms with E-state index in [4.69, 9.17) is 16.3 Å². The Bertz CT molecular complexity index is 520. The van der Waals surface area contributed by atoms with E-state index in [2.05, 4.69) is 9.88 Å². The number of piperidine rings is 1. The van der Waals surface area contributed by atoms with E-state index in [0.717, 1.165) is 38.0 Å².